The Hall–Kier alpha value is -1.73. The summed E-state index contributed by atoms with van der Waals surface area (Å²) in [5, 5.41) is 12.5. The maximum absolute atomic E-state index is 11.8. The highest BCUT2D eigenvalue weighted by Gasteiger charge is 2.12. The molecule has 8 heteroatoms. The van der Waals surface area contributed by atoms with E-state index in [9.17, 15) is 4.79 Å². The van der Waals surface area contributed by atoms with Gasteiger partial charge in [-0.1, -0.05) is 37.2 Å². The maximum atomic E-state index is 11.8. The van der Waals surface area contributed by atoms with Crippen LogP contribution in [0, 0.1) is 5.92 Å². The van der Waals surface area contributed by atoms with Gasteiger partial charge in [0.2, 0.25) is 5.91 Å². The van der Waals surface area contributed by atoms with E-state index < -0.39 is 0 Å². The minimum atomic E-state index is 0.00705. The monoisotopic (exact) mass is 382 g/mol. The van der Waals surface area contributed by atoms with Crippen molar-refractivity contribution in [2.75, 3.05) is 12.3 Å². The summed E-state index contributed by atoms with van der Waals surface area (Å²) in [6, 6.07) is 7.14. The third-order valence-electron chi connectivity index (χ3n) is 3.48. The SMILES string of the molecule is CC(C)CCNC(=O)CSc1nnc(COc2ccc(Cl)cc2)n1C. The van der Waals surface area contributed by atoms with Gasteiger partial charge in [0.05, 0.1) is 5.75 Å². The second-order valence-electron chi connectivity index (χ2n) is 6.02. The van der Waals surface area contributed by atoms with Crippen LogP contribution >= 0.6 is 23.4 Å². The number of nitrogens with zero attached hydrogens (tertiary/aromatic N) is 3. The summed E-state index contributed by atoms with van der Waals surface area (Å²) in [6.45, 7) is 5.27. The molecule has 1 heterocycles. The zero-order valence-corrected chi connectivity index (χ0v) is 16.2. The quantitative estimate of drug-likeness (QED) is 0.674. The van der Waals surface area contributed by atoms with Gasteiger partial charge >= 0.3 is 0 Å². The van der Waals surface area contributed by atoms with Gasteiger partial charge in [-0.3, -0.25) is 4.79 Å². The lowest BCUT2D eigenvalue weighted by molar-refractivity contribution is -0.118. The Kier molecular flexibility index (Phi) is 7.58. The smallest absolute Gasteiger partial charge is 0.230 e. The molecule has 0 aliphatic rings. The van der Waals surface area contributed by atoms with Gasteiger partial charge in [-0.25, -0.2) is 0 Å². The Morgan fingerprint density at radius 2 is 2.04 bits per heavy atom. The molecule has 0 aliphatic carbocycles. The van der Waals surface area contributed by atoms with Gasteiger partial charge in [-0.15, -0.1) is 10.2 Å². The molecule has 2 aromatic rings. The van der Waals surface area contributed by atoms with Crippen molar-refractivity contribution >= 4 is 29.3 Å². The lowest BCUT2D eigenvalue weighted by Crippen LogP contribution is -2.27. The van der Waals surface area contributed by atoms with Crippen molar-refractivity contribution in [2.45, 2.75) is 32.0 Å². The molecule has 0 bridgehead atoms. The fraction of sp³-hybridized carbons (Fsp3) is 0.471. The largest absolute Gasteiger partial charge is 0.486 e. The number of carbonyl (C=O) groups is 1. The van der Waals surface area contributed by atoms with Crippen LogP contribution < -0.4 is 10.1 Å². The summed E-state index contributed by atoms with van der Waals surface area (Å²) in [4.78, 5) is 11.8. The van der Waals surface area contributed by atoms with Gasteiger partial charge in [-0.05, 0) is 36.6 Å². The fourth-order valence-electron chi connectivity index (χ4n) is 1.96. The number of benzene rings is 1. The molecule has 0 unspecified atom stereocenters. The van der Waals surface area contributed by atoms with Gasteiger partial charge in [0.25, 0.3) is 0 Å². The van der Waals surface area contributed by atoms with E-state index in [0.29, 0.717) is 46.6 Å². The molecule has 0 aliphatic heterocycles. The van der Waals surface area contributed by atoms with Gasteiger partial charge in [-0.2, -0.15) is 0 Å². The number of halogens is 1. The maximum Gasteiger partial charge on any atom is 0.230 e. The summed E-state index contributed by atoms with van der Waals surface area (Å²) >= 11 is 7.21. The van der Waals surface area contributed by atoms with Crippen molar-refractivity contribution in [1.29, 1.82) is 0 Å². The van der Waals surface area contributed by atoms with Crippen LogP contribution in [0.2, 0.25) is 5.02 Å². The minimum Gasteiger partial charge on any atom is -0.486 e. The van der Waals surface area contributed by atoms with Crippen LogP contribution in [0.5, 0.6) is 5.75 Å². The number of nitrogens with one attached hydrogen (secondary N) is 1. The van der Waals surface area contributed by atoms with E-state index in [2.05, 4.69) is 29.4 Å². The molecule has 6 nitrogen and oxygen atoms in total. The average Bonchev–Trinajstić information content (AvgIpc) is 2.92. The van der Waals surface area contributed by atoms with Crippen molar-refractivity contribution in [1.82, 2.24) is 20.1 Å². The van der Waals surface area contributed by atoms with Crippen LogP contribution in [-0.4, -0.2) is 33.0 Å². The van der Waals surface area contributed by atoms with E-state index in [1.54, 1.807) is 24.3 Å². The predicted octanol–water partition coefficient (Wildman–Crippen LogP) is 3.30. The fourth-order valence-corrected chi connectivity index (χ4v) is 2.84. The number of hydrogen-bond acceptors (Lipinski definition) is 5. The van der Waals surface area contributed by atoms with Crippen molar-refractivity contribution in [3.05, 3.63) is 35.1 Å². The molecular weight excluding hydrogens is 360 g/mol. The normalized spacial score (nSPS) is 10.9. The van der Waals surface area contributed by atoms with E-state index in [0.717, 1.165) is 6.42 Å². The first-order valence-electron chi connectivity index (χ1n) is 8.12. The average molecular weight is 383 g/mol. The van der Waals surface area contributed by atoms with Crippen LogP contribution in [-0.2, 0) is 18.4 Å². The molecule has 1 aromatic carbocycles. The van der Waals surface area contributed by atoms with Gasteiger partial charge in [0, 0.05) is 18.6 Å². The highest BCUT2D eigenvalue weighted by atomic mass is 35.5. The molecule has 1 N–H and O–H groups in total. The number of hydrogen-bond donors (Lipinski definition) is 1. The predicted molar refractivity (Wildman–Crippen MR) is 100.0 cm³/mol. The Bertz CT molecular complexity index is 688. The molecule has 0 spiro atoms. The first-order chi connectivity index (χ1) is 12.0. The topological polar surface area (TPSA) is 69.0 Å². The second-order valence-corrected chi connectivity index (χ2v) is 7.40. The Morgan fingerprint density at radius 1 is 1.32 bits per heavy atom. The minimum absolute atomic E-state index is 0.00705. The molecule has 2 rings (SSSR count). The molecule has 136 valence electrons. The first-order valence-corrected chi connectivity index (χ1v) is 9.48. The Balaban J connectivity index is 1.79. The van der Waals surface area contributed by atoms with Crippen LogP contribution in [0.3, 0.4) is 0 Å². The number of aromatic nitrogens is 3. The van der Waals surface area contributed by atoms with E-state index in [1.165, 1.54) is 11.8 Å². The molecule has 1 aromatic heterocycles. The lowest BCUT2D eigenvalue weighted by Gasteiger charge is -2.08. The Labute approximate surface area is 157 Å². The highest BCUT2D eigenvalue weighted by Crippen LogP contribution is 2.18. The zero-order chi connectivity index (χ0) is 18.2. The zero-order valence-electron chi connectivity index (χ0n) is 14.7. The summed E-state index contributed by atoms with van der Waals surface area (Å²) in [5.74, 6) is 2.31. The molecule has 1 amide bonds. The van der Waals surface area contributed by atoms with Crippen LogP contribution in [0.4, 0.5) is 0 Å². The summed E-state index contributed by atoms with van der Waals surface area (Å²) in [6.07, 6.45) is 0.979. The first kappa shape index (κ1) is 19.6. The van der Waals surface area contributed by atoms with Crippen molar-refractivity contribution < 1.29 is 9.53 Å². The number of amides is 1. The van der Waals surface area contributed by atoms with Crippen LogP contribution in [0.15, 0.2) is 29.4 Å². The standard InChI is InChI=1S/C17H23ClN4O2S/c1-12(2)8-9-19-16(23)11-25-17-21-20-15(22(17)3)10-24-14-6-4-13(18)5-7-14/h4-7,12H,8-11H2,1-3H3,(H,19,23). The van der Waals surface area contributed by atoms with E-state index in [1.807, 2.05) is 11.6 Å². The molecule has 0 saturated heterocycles. The second kappa shape index (κ2) is 9.68. The molecule has 0 fully saturated rings. The van der Waals surface area contributed by atoms with Crippen molar-refractivity contribution in [3.8, 4) is 5.75 Å². The third-order valence-corrected chi connectivity index (χ3v) is 4.76. The van der Waals surface area contributed by atoms with E-state index >= 15 is 0 Å². The summed E-state index contributed by atoms with van der Waals surface area (Å²) in [7, 11) is 1.86. The van der Waals surface area contributed by atoms with Gasteiger partial charge in [0.1, 0.15) is 12.4 Å². The van der Waals surface area contributed by atoms with Gasteiger partial charge in [0.15, 0.2) is 11.0 Å². The van der Waals surface area contributed by atoms with E-state index in [-0.39, 0.29) is 5.91 Å². The van der Waals surface area contributed by atoms with Gasteiger partial charge < -0.3 is 14.6 Å². The number of rotatable bonds is 9. The summed E-state index contributed by atoms with van der Waals surface area (Å²) in [5.41, 5.74) is 0. The molecular formula is C17H23ClN4O2S. The molecule has 0 atom stereocenters. The third kappa shape index (κ3) is 6.59. The number of carbonyl (C=O) groups excluding carboxylic acids is 1. The molecule has 0 radical (unpaired) electrons. The van der Waals surface area contributed by atoms with Crippen molar-refractivity contribution in [3.63, 3.8) is 0 Å². The van der Waals surface area contributed by atoms with Crippen LogP contribution in [0.25, 0.3) is 0 Å². The number of thioether (sulfide) groups is 1. The van der Waals surface area contributed by atoms with Crippen LogP contribution in [0.1, 0.15) is 26.1 Å². The summed E-state index contributed by atoms with van der Waals surface area (Å²) < 4.78 is 7.51. The lowest BCUT2D eigenvalue weighted by atomic mass is 10.1. The highest BCUT2D eigenvalue weighted by molar-refractivity contribution is 7.99. The molecule has 25 heavy (non-hydrogen) atoms. The molecule has 0 saturated carbocycles. The van der Waals surface area contributed by atoms with Crippen molar-refractivity contribution in [2.24, 2.45) is 13.0 Å². The number of ether oxygens (including phenoxy) is 1. The van der Waals surface area contributed by atoms with E-state index in [4.69, 9.17) is 16.3 Å². The Morgan fingerprint density at radius 3 is 2.72 bits per heavy atom.